The normalized spacial score (nSPS) is 13.7. The number of hydrogen-bond acceptors (Lipinski definition) is 6. The summed E-state index contributed by atoms with van der Waals surface area (Å²) in [4.78, 5) is 12.6. The maximum atomic E-state index is 13.9. The molecule has 0 radical (unpaired) electrons. The predicted molar refractivity (Wildman–Crippen MR) is 114 cm³/mol. The lowest BCUT2D eigenvalue weighted by atomic mass is 9.87. The number of fused-ring (bicyclic) bond motifs is 1. The molecule has 7 nitrogen and oxygen atoms in total. The summed E-state index contributed by atoms with van der Waals surface area (Å²) >= 11 is 6.16. The lowest BCUT2D eigenvalue weighted by Crippen LogP contribution is -2.40. The number of aromatic nitrogens is 2. The second-order valence-corrected chi connectivity index (χ2v) is 7.23. The van der Waals surface area contributed by atoms with Crippen LogP contribution in [0.15, 0.2) is 30.5 Å². The van der Waals surface area contributed by atoms with E-state index in [1.54, 1.807) is 23.9 Å². The Bertz CT molecular complexity index is 1170. The number of benzene rings is 2. The Hall–Kier alpha value is -2.94. The van der Waals surface area contributed by atoms with Gasteiger partial charge in [0.2, 0.25) is 0 Å². The van der Waals surface area contributed by atoms with E-state index in [1.807, 2.05) is 6.92 Å². The largest absolute Gasteiger partial charge is 0.501 e. The van der Waals surface area contributed by atoms with E-state index in [0.29, 0.717) is 23.2 Å². The molecule has 1 unspecified atom stereocenters. The van der Waals surface area contributed by atoms with Gasteiger partial charge in [-0.05, 0) is 44.2 Å². The number of rotatable bonds is 6. The van der Waals surface area contributed by atoms with Crippen molar-refractivity contribution in [2.75, 3.05) is 12.3 Å². The molecule has 0 fully saturated rings. The second-order valence-electron chi connectivity index (χ2n) is 6.83. The van der Waals surface area contributed by atoms with Gasteiger partial charge in [0.1, 0.15) is 11.3 Å². The molecule has 0 bridgehead atoms. The molecule has 0 aliphatic rings. The Morgan fingerprint density at radius 1 is 1.43 bits per heavy atom. The number of nitrogen functional groups attached to an aromatic ring is 1. The van der Waals surface area contributed by atoms with Crippen molar-refractivity contribution in [2.45, 2.75) is 19.6 Å². The average Bonchev–Trinajstić information content (AvgIpc) is 2.97. The number of carbonyl (C=O) groups is 1. The first-order valence-corrected chi connectivity index (χ1v) is 9.52. The van der Waals surface area contributed by atoms with Crippen LogP contribution in [-0.4, -0.2) is 27.3 Å². The molecule has 0 aliphatic heterocycles. The average molecular weight is 433 g/mol. The van der Waals surface area contributed by atoms with E-state index in [2.05, 4.69) is 5.10 Å². The van der Waals surface area contributed by atoms with Crippen LogP contribution in [0.4, 0.5) is 10.1 Å². The summed E-state index contributed by atoms with van der Waals surface area (Å²) in [6.07, 6.45) is 3.21. The molecular formula is C21H22ClFN4O3. The Kier molecular flexibility index (Phi) is 5.85. The van der Waals surface area contributed by atoms with E-state index in [9.17, 15) is 14.3 Å². The number of anilines is 1. The smallest absolute Gasteiger partial charge is 0.170 e. The molecule has 3 rings (SSSR count). The molecular weight excluding hydrogens is 411 g/mol. The van der Waals surface area contributed by atoms with E-state index in [1.165, 1.54) is 19.3 Å². The Balaban J connectivity index is 2.36. The fourth-order valence-corrected chi connectivity index (χ4v) is 3.72. The van der Waals surface area contributed by atoms with Crippen molar-refractivity contribution in [3.63, 3.8) is 0 Å². The molecule has 2 aromatic carbocycles. The summed E-state index contributed by atoms with van der Waals surface area (Å²) in [7, 11) is 1.70. The van der Waals surface area contributed by atoms with Gasteiger partial charge in [0.05, 0.1) is 24.1 Å². The van der Waals surface area contributed by atoms with E-state index < -0.39 is 17.3 Å². The first-order valence-electron chi connectivity index (χ1n) is 9.15. The van der Waals surface area contributed by atoms with Crippen molar-refractivity contribution < 1.29 is 19.0 Å². The molecule has 5 N–H and O–H groups in total. The highest BCUT2D eigenvalue weighted by Gasteiger charge is 2.37. The first kappa shape index (κ1) is 21.8. The van der Waals surface area contributed by atoms with Gasteiger partial charge in [-0.3, -0.25) is 15.2 Å². The summed E-state index contributed by atoms with van der Waals surface area (Å²) in [6.45, 7) is 3.65. The zero-order chi connectivity index (χ0) is 22.2. The number of nitrogens with two attached hydrogens (primary N) is 2. The molecule has 3 aromatic rings. The van der Waals surface area contributed by atoms with Crippen LogP contribution in [0.1, 0.15) is 41.0 Å². The van der Waals surface area contributed by atoms with Gasteiger partial charge in [-0.25, -0.2) is 4.39 Å². The van der Waals surface area contributed by atoms with Crippen molar-refractivity contribution in [3.8, 4) is 0 Å². The highest BCUT2D eigenvalue weighted by molar-refractivity contribution is 6.31. The fraction of sp³-hybridized carbons (Fsp3) is 0.238. The van der Waals surface area contributed by atoms with Crippen LogP contribution in [0.2, 0.25) is 5.02 Å². The predicted octanol–water partition coefficient (Wildman–Crippen LogP) is 3.31. The molecule has 1 atom stereocenters. The van der Waals surface area contributed by atoms with Crippen molar-refractivity contribution in [1.82, 2.24) is 9.78 Å². The highest BCUT2D eigenvalue weighted by Crippen LogP contribution is 2.39. The highest BCUT2D eigenvalue weighted by atomic mass is 35.5. The Morgan fingerprint density at radius 2 is 2.13 bits per heavy atom. The van der Waals surface area contributed by atoms with Crippen molar-refractivity contribution in [3.05, 3.63) is 63.8 Å². The number of carbonyl (C=O) groups excluding carboxylic acids is 1. The van der Waals surface area contributed by atoms with Gasteiger partial charge in [0.25, 0.3) is 0 Å². The lowest BCUT2D eigenvalue weighted by molar-refractivity contribution is 0.0849. The number of ether oxygens (including phenoxy) is 1. The Labute approximate surface area is 177 Å². The summed E-state index contributed by atoms with van der Waals surface area (Å²) in [6, 6.07) is 4.96. The van der Waals surface area contributed by atoms with Crippen LogP contribution in [0, 0.1) is 5.82 Å². The summed E-state index contributed by atoms with van der Waals surface area (Å²) in [5, 5.41) is 16.2. The van der Waals surface area contributed by atoms with Gasteiger partial charge in [0, 0.05) is 34.3 Å². The molecule has 0 saturated carbocycles. The summed E-state index contributed by atoms with van der Waals surface area (Å²) < 4.78 is 20.7. The SMILES string of the molecule is CCO/C=C/c1c2cc(N)c(C(N)(O)c3cc(F)ccc3Cl)c(C(C)=O)c2nn1C. The van der Waals surface area contributed by atoms with E-state index in [4.69, 9.17) is 27.8 Å². The number of ketones is 1. The molecule has 0 spiro atoms. The number of aryl methyl sites for hydroxylation is 1. The van der Waals surface area contributed by atoms with E-state index in [-0.39, 0.29) is 27.4 Å². The molecule has 30 heavy (non-hydrogen) atoms. The van der Waals surface area contributed by atoms with Gasteiger partial charge in [0.15, 0.2) is 11.5 Å². The summed E-state index contributed by atoms with van der Waals surface area (Å²) in [5.41, 5.74) is 10.9. The zero-order valence-electron chi connectivity index (χ0n) is 16.7. The maximum absolute atomic E-state index is 13.9. The van der Waals surface area contributed by atoms with Gasteiger partial charge in [-0.1, -0.05) is 11.6 Å². The standard InChI is InChI=1S/C21H22ClFN4O3/c1-4-30-8-7-17-13-10-16(24)19(18(11(2)28)20(13)26-27(17)3)21(25,29)14-9-12(23)5-6-15(14)22/h5-10,29H,4,24-25H2,1-3H3/b8-7+. The maximum Gasteiger partial charge on any atom is 0.170 e. The molecule has 1 aromatic heterocycles. The second kappa shape index (κ2) is 8.06. The van der Waals surface area contributed by atoms with E-state index >= 15 is 0 Å². The zero-order valence-corrected chi connectivity index (χ0v) is 17.5. The van der Waals surface area contributed by atoms with Crippen LogP contribution >= 0.6 is 11.6 Å². The third kappa shape index (κ3) is 3.65. The lowest BCUT2D eigenvalue weighted by Gasteiger charge is -2.28. The third-order valence-electron chi connectivity index (χ3n) is 4.77. The quantitative estimate of drug-likeness (QED) is 0.238. The molecule has 1 heterocycles. The number of aliphatic hydroxyl groups is 1. The minimum atomic E-state index is -2.34. The fourth-order valence-electron chi connectivity index (χ4n) is 3.45. The van der Waals surface area contributed by atoms with Crippen LogP contribution in [0.25, 0.3) is 17.0 Å². The van der Waals surface area contributed by atoms with E-state index in [0.717, 1.165) is 12.1 Å². The number of halogens is 2. The first-order chi connectivity index (χ1) is 14.1. The monoisotopic (exact) mass is 432 g/mol. The van der Waals surface area contributed by atoms with Crippen LogP contribution in [0.5, 0.6) is 0 Å². The van der Waals surface area contributed by atoms with Gasteiger partial charge < -0.3 is 15.6 Å². The third-order valence-corrected chi connectivity index (χ3v) is 5.10. The van der Waals surface area contributed by atoms with Crippen LogP contribution in [0.3, 0.4) is 0 Å². The van der Waals surface area contributed by atoms with Crippen molar-refractivity contribution in [2.24, 2.45) is 12.8 Å². The van der Waals surface area contributed by atoms with Crippen molar-refractivity contribution >= 4 is 40.1 Å². The molecule has 0 aliphatic carbocycles. The number of Topliss-reactive ketones (excluding diaryl/α,β-unsaturated/α-hetero) is 1. The van der Waals surface area contributed by atoms with Gasteiger partial charge in [-0.15, -0.1) is 0 Å². The molecule has 158 valence electrons. The molecule has 9 heteroatoms. The topological polar surface area (TPSA) is 116 Å². The van der Waals surface area contributed by atoms with Gasteiger partial charge in [-0.2, -0.15) is 5.10 Å². The van der Waals surface area contributed by atoms with Crippen LogP contribution in [-0.2, 0) is 17.5 Å². The molecule has 0 amide bonds. The molecule has 0 saturated heterocycles. The summed E-state index contributed by atoms with van der Waals surface area (Å²) in [5.74, 6) is -1.07. The minimum absolute atomic E-state index is 0.0248. The number of hydrogen-bond donors (Lipinski definition) is 3. The Morgan fingerprint density at radius 3 is 2.77 bits per heavy atom. The minimum Gasteiger partial charge on any atom is -0.501 e. The van der Waals surface area contributed by atoms with Gasteiger partial charge >= 0.3 is 0 Å². The van der Waals surface area contributed by atoms with Crippen molar-refractivity contribution in [1.29, 1.82) is 0 Å². The number of nitrogens with zero attached hydrogens (tertiary/aromatic N) is 2. The van der Waals surface area contributed by atoms with Crippen LogP contribution < -0.4 is 11.5 Å².